The largest absolute Gasteiger partial charge is 0.378 e. The van der Waals surface area contributed by atoms with Gasteiger partial charge in [0, 0.05) is 36.7 Å². The van der Waals surface area contributed by atoms with Gasteiger partial charge in [0.25, 0.3) is 0 Å². The van der Waals surface area contributed by atoms with Crippen LogP contribution >= 0.6 is 22.7 Å². The summed E-state index contributed by atoms with van der Waals surface area (Å²) >= 11 is 3.21. The van der Waals surface area contributed by atoms with E-state index in [9.17, 15) is 4.39 Å². The van der Waals surface area contributed by atoms with Crippen molar-refractivity contribution in [3.05, 3.63) is 58.6 Å². The van der Waals surface area contributed by atoms with Crippen LogP contribution in [0.2, 0.25) is 0 Å². The zero-order valence-corrected chi connectivity index (χ0v) is 18.6. The van der Waals surface area contributed by atoms with Gasteiger partial charge in [-0.05, 0) is 23.8 Å². The molecule has 0 unspecified atom stereocenters. The molecule has 3 aromatic heterocycles. The van der Waals surface area contributed by atoms with E-state index in [1.807, 2.05) is 31.4 Å². The van der Waals surface area contributed by atoms with Gasteiger partial charge >= 0.3 is 0 Å². The normalized spacial score (nSPS) is 13.9. The molecule has 1 aliphatic heterocycles. The minimum absolute atomic E-state index is 0.274. The molecule has 4 heterocycles. The molecule has 156 valence electrons. The second kappa shape index (κ2) is 9.59. The molecule has 1 saturated heterocycles. The van der Waals surface area contributed by atoms with E-state index in [1.54, 1.807) is 28.9 Å². The van der Waals surface area contributed by atoms with Crippen LogP contribution in [0.5, 0.6) is 0 Å². The Balaban J connectivity index is 0.00000106. The molecular weight excluding hydrogens is 419 g/mol. The Morgan fingerprint density at radius 1 is 1.10 bits per heavy atom. The fraction of sp³-hybridized carbons (Fsp3) is 0.318. The molecule has 0 bridgehead atoms. The number of fused-ring (bicyclic) bond motifs is 1. The summed E-state index contributed by atoms with van der Waals surface area (Å²) < 4.78 is 21.1. The number of hydrogen-bond acceptors (Lipinski definition) is 7. The van der Waals surface area contributed by atoms with Crippen molar-refractivity contribution in [2.24, 2.45) is 0 Å². The number of aromatic nitrogens is 3. The van der Waals surface area contributed by atoms with Crippen molar-refractivity contribution in [2.75, 3.05) is 31.2 Å². The molecule has 1 aliphatic rings. The summed E-state index contributed by atoms with van der Waals surface area (Å²) in [6.45, 7) is 7.15. The van der Waals surface area contributed by atoms with Gasteiger partial charge in [0.05, 0.1) is 39.1 Å². The highest BCUT2D eigenvalue weighted by atomic mass is 32.1. The average Bonchev–Trinajstić information content (AvgIpc) is 3.47. The van der Waals surface area contributed by atoms with Gasteiger partial charge in [-0.15, -0.1) is 22.7 Å². The Bertz CT molecular complexity index is 1110. The van der Waals surface area contributed by atoms with Gasteiger partial charge in [-0.1, -0.05) is 19.9 Å². The van der Waals surface area contributed by atoms with Crippen molar-refractivity contribution in [3.63, 3.8) is 0 Å². The SMILES string of the molecule is CC.Fc1ccc(Cc2nccs2)cc1-c1ncnc2cc(N3CCOCC3)sc12. The number of nitrogens with zero attached hydrogens (tertiary/aromatic N) is 4. The topological polar surface area (TPSA) is 51.1 Å². The van der Waals surface area contributed by atoms with Crippen LogP contribution in [0.3, 0.4) is 0 Å². The number of morpholine rings is 1. The van der Waals surface area contributed by atoms with Crippen molar-refractivity contribution in [2.45, 2.75) is 20.3 Å². The highest BCUT2D eigenvalue weighted by Crippen LogP contribution is 2.38. The van der Waals surface area contributed by atoms with E-state index < -0.39 is 0 Å². The van der Waals surface area contributed by atoms with Gasteiger partial charge in [0.2, 0.25) is 0 Å². The van der Waals surface area contributed by atoms with E-state index in [4.69, 9.17) is 4.74 Å². The number of thiophene rings is 1. The summed E-state index contributed by atoms with van der Waals surface area (Å²) in [4.78, 5) is 15.5. The molecule has 1 fully saturated rings. The molecular formula is C22H23FN4OS2. The van der Waals surface area contributed by atoms with Crippen LogP contribution in [-0.2, 0) is 11.2 Å². The summed E-state index contributed by atoms with van der Waals surface area (Å²) in [5.41, 5.74) is 3.02. The lowest BCUT2D eigenvalue weighted by Crippen LogP contribution is -2.35. The van der Waals surface area contributed by atoms with Gasteiger partial charge in [-0.3, -0.25) is 0 Å². The van der Waals surface area contributed by atoms with E-state index in [1.165, 1.54) is 12.4 Å². The molecule has 0 saturated carbocycles. The third kappa shape index (κ3) is 4.35. The van der Waals surface area contributed by atoms with Gasteiger partial charge in [0.15, 0.2) is 0 Å². The number of ether oxygens (including phenoxy) is 1. The summed E-state index contributed by atoms with van der Waals surface area (Å²) in [5, 5.41) is 4.09. The zero-order valence-electron chi connectivity index (χ0n) is 17.0. The second-order valence-corrected chi connectivity index (χ2v) is 8.55. The lowest BCUT2D eigenvalue weighted by Gasteiger charge is -2.27. The Hall–Kier alpha value is -2.42. The predicted octanol–water partition coefficient (Wildman–Crippen LogP) is 5.41. The van der Waals surface area contributed by atoms with E-state index in [0.29, 0.717) is 17.7 Å². The van der Waals surface area contributed by atoms with Crippen molar-refractivity contribution < 1.29 is 9.13 Å². The monoisotopic (exact) mass is 442 g/mol. The van der Waals surface area contributed by atoms with Crippen molar-refractivity contribution in [3.8, 4) is 11.3 Å². The van der Waals surface area contributed by atoms with Crippen molar-refractivity contribution in [1.82, 2.24) is 15.0 Å². The molecule has 30 heavy (non-hydrogen) atoms. The summed E-state index contributed by atoms with van der Waals surface area (Å²) in [6.07, 6.45) is 3.99. The Morgan fingerprint density at radius 2 is 1.93 bits per heavy atom. The Labute approximate surface area is 183 Å². The molecule has 0 atom stereocenters. The maximum absolute atomic E-state index is 14.7. The lowest BCUT2D eigenvalue weighted by molar-refractivity contribution is 0.123. The fourth-order valence-electron chi connectivity index (χ4n) is 3.35. The molecule has 4 aromatic rings. The van der Waals surface area contributed by atoms with Crippen LogP contribution in [-0.4, -0.2) is 41.3 Å². The fourth-order valence-corrected chi connectivity index (χ4v) is 5.17. The number of halogens is 1. The summed E-state index contributed by atoms with van der Waals surface area (Å²) in [7, 11) is 0. The average molecular weight is 443 g/mol. The number of thiazole rings is 1. The van der Waals surface area contributed by atoms with Crippen LogP contribution < -0.4 is 4.90 Å². The molecule has 0 aliphatic carbocycles. The molecule has 0 spiro atoms. The Kier molecular flexibility index (Phi) is 6.66. The van der Waals surface area contributed by atoms with Gasteiger partial charge < -0.3 is 9.64 Å². The lowest BCUT2D eigenvalue weighted by atomic mass is 10.0. The minimum atomic E-state index is -0.274. The number of hydrogen-bond donors (Lipinski definition) is 0. The molecule has 0 N–H and O–H groups in total. The number of anilines is 1. The quantitative estimate of drug-likeness (QED) is 0.423. The minimum Gasteiger partial charge on any atom is -0.378 e. The first kappa shape index (κ1) is 20.8. The van der Waals surface area contributed by atoms with E-state index in [-0.39, 0.29) is 5.82 Å². The van der Waals surface area contributed by atoms with Gasteiger partial charge in [-0.25, -0.2) is 19.3 Å². The van der Waals surface area contributed by atoms with E-state index in [2.05, 4.69) is 25.9 Å². The third-order valence-electron chi connectivity index (χ3n) is 4.75. The maximum Gasteiger partial charge on any atom is 0.132 e. The van der Waals surface area contributed by atoms with Crippen LogP contribution in [0, 0.1) is 5.82 Å². The maximum atomic E-state index is 14.7. The molecule has 5 nitrogen and oxygen atoms in total. The first-order valence-electron chi connectivity index (χ1n) is 10.0. The van der Waals surface area contributed by atoms with Crippen LogP contribution in [0.1, 0.15) is 24.4 Å². The smallest absolute Gasteiger partial charge is 0.132 e. The summed E-state index contributed by atoms with van der Waals surface area (Å²) in [6, 6.07) is 7.27. The van der Waals surface area contributed by atoms with Crippen LogP contribution in [0.4, 0.5) is 9.39 Å². The molecule has 5 rings (SSSR count). The van der Waals surface area contributed by atoms with Gasteiger partial charge in [-0.2, -0.15) is 0 Å². The van der Waals surface area contributed by atoms with Crippen molar-refractivity contribution >= 4 is 37.9 Å². The second-order valence-electron chi connectivity index (χ2n) is 6.54. The number of rotatable bonds is 4. The molecule has 1 aromatic carbocycles. The highest BCUT2D eigenvalue weighted by Gasteiger charge is 2.19. The zero-order chi connectivity index (χ0) is 20.9. The Morgan fingerprint density at radius 3 is 2.70 bits per heavy atom. The van der Waals surface area contributed by atoms with Gasteiger partial charge in [0.1, 0.15) is 12.1 Å². The third-order valence-corrected chi connectivity index (χ3v) is 6.72. The first-order valence-corrected chi connectivity index (χ1v) is 11.7. The molecule has 0 amide bonds. The first-order chi connectivity index (χ1) is 14.8. The standard InChI is InChI=1S/C20H17FN4OS2.C2H6/c21-15-2-1-13(10-17-22-3-8-27-17)9-14(15)19-20-16(23-12-24-19)11-18(28-20)25-4-6-26-7-5-25;1-2/h1-3,8-9,11-12H,4-7,10H2;1-2H3. The van der Waals surface area contributed by atoms with Crippen LogP contribution in [0.25, 0.3) is 21.5 Å². The highest BCUT2D eigenvalue weighted by molar-refractivity contribution is 7.23. The summed E-state index contributed by atoms with van der Waals surface area (Å²) in [5.74, 6) is -0.274. The van der Waals surface area contributed by atoms with E-state index in [0.717, 1.165) is 52.1 Å². The number of benzene rings is 1. The van der Waals surface area contributed by atoms with Crippen LogP contribution in [0.15, 0.2) is 42.2 Å². The molecule has 0 radical (unpaired) electrons. The van der Waals surface area contributed by atoms with E-state index >= 15 is 0 Å². The predicted molar refractivity (Wildman–Crippen MR) is 122 cm³/mol. The van der Waals surface area contributed by atoms with Crippen molar-refractivity contribution in [1.29, 1.82) is 0 Å². The molecule has 8 heteroatoms.